The molecule has 1 aliphatic rings. The Bertz CT molecular complexity index is 414. The van der Waals surface area contributed by atoms with E-state index in [1.54, 1.807) is 0 Å². The first-order valence-electron chi connectivity index (χ1n) is 6.00. The topological polar surface area (TPSA) is 41.1 Å². The van der Waals surface area contributed by atoms with Crippen molar-refractivity contribution < 1.29 is 4.79 Å². The predicted molar refractivity (Wildman–Crippen MR) is 68.6 cm³/mol. The van der Waals surface area contributed by atoms with Gasteiger partial charge in [-0.1, -0.05) is 30.3 Å². The maximum absolute atomic E-state index is 11.9. The Morgan fingerprint density at radius 3 is 3.00 bits per heavy atom. The van der Waals surface area contributed by atoms with Crippen LogP contribution in [0.3, 0.4) is 0 Å². The molecule has 0 aliphatic carbocycles. The second-order valence-corrected chi connectivity index (χ2v) is 4.27. The van der Waals surface area contributed by atoms with Gasteiger partial charge in [0.2, 0.25) is 5.91 Å². The van der Waals surface area contributed by atoms with E-state index in [1.165, 1.54) is 11.1 Å². The van der Waals surface area contributed by atoms with Crippen LogP contribution in [0.4, 0.5) is 0 Å². The average molecular weight is 230 g/mol. The van der Waals surface area contributed by atoms with Crippen LogP contribution in [-0.4, -0.2) is 18.5 Å². The Kier molecular flexibility index (Phi) is 3.94. The lowest BCUT2D eigenvalue weighted by Crippen LogP contribution is -2.47. The minimum atomic E-state index is -0.102. The first kappa shape index (κ1) is 11.9. The van der Waals surface area contributed by atoms with Crippen LogP contribution in [0.5, 0.6) is 0 Å². The number of hydrogen-bond donors (Lipinski definition) is 2. The lowest BCUT2D eigenvalue weighted by atomic mass is 9.95. The zero-order valence-corrected chi connectivity index (χ0v) is 9.91. The van der Waals surface area contributed by atoms with Gasteiger partial charge in [0.05, 0.1) is 6.04 Å². The molecule has 1 heterocycles. The van der Waals surface area contributed by atoms with Crippen LogP contribution in [0.25, 0.3) is 0 Å². The van der Waals surface area contributed by atoms with E-state index in [-0.39, 0.29) is 11.9 Å². The zero-order valence-electron chi connectivity index (χ0n) is 9.91. The lowest BCUT2D eigenvalue weighted by molar-refractivity contribution is -0.123. The molecule has 3 heteroatoms. The van der Waals surface area contributed by atoms with Crippen molar-refractivity contribution >= 4 is 5.91 Å². The Morgan fingerprint density at radius 1 is 1.47 bits per heavy atom. The van der Waals surface area contributed by atoms with E-state index in [0.29, 0.717) is 6.54 Å². The summed E-state index contributed by atoms with van der Waals surface area (Å²) >= 11 is 0. The van der Waals surface area contributed by atoms with E-state index in [4.69, 9.17) is 0 Å². The van der Waals surface area contributed by atoms with E-state index >= 15 is 0 Å². The highest BCUT2D eigenvalue weighted by Crippen LogP contribution is 2.16. The van der Waals surface area contributed by atoms with Gasteiger partial charge in [-0.25, -0.2) is 0 Å². The van der Waals surface area contributed by atoms with E-state index in [9.17, 15) is 4.79 Å². The molecule has 1 aliphatic heterocycles. The van der Waals surface area contributed by atoms with Crippen LogP contribution in [-0.2, 0) is 17.8 Å². The largest absolute Gasteiger partial charge is 0.354 e. The maximum Gasteiger partial charge on any atom is 0.237 e. The number of rotatable bonds is 4. The van der Waals surface area contributed by atoms with E-state index < -0.39 is 0 Å². The summed E-state index contributed by atoms with van der Waals surface area (Å²) in [6.07, 6.45) is 3.40. The fourth-order valence-corrected chi connectivity index (χ4v) is 2.06. The fraction of sp³-hybridized carbons (Fsp3) is 0.357. The fourth-order valence-electron chi connectivity index (χ4n) is 2.06. The second-order valence-electron chi connectivity index (χ2n) is 4.27. The van der Waals surface area contributed by atoms with Gasteiger partial charge in [-0.2, -0.15) is 0 Å². The lowest BCUT2D eigenvalue weighted by Gasteiger charge is -2.25. The molecular weight excluding hydrogens is 212 g/mol. The van der Waals surface area contributed by atoms with Gasteiger partial charge >= 0.3 is 0 Å². The molecule has 0 spiro atoms. The van der Waals surface area contributed by atoms with Gasteiger partial charge in [-0.15, -0.1) is 6.58 Å². The third-order valence-electron chi connectivity index (χ3n) is 3.05. The van der Waals surface area contributed by atoms with Crippen LogP contribution in [0, 0.1) is 0 Å². The molecule has 2 rings (SSSR count). The number of fused-ring (bicyclic) bond motifs is 1. The molecule has 1 aromatic rings. The molecule has 0 saturated carbocycles. The third kappa shape index (κ3) is 2.94. The van der Waals surface area contributed by atoms with Gasteiger partial charge in [-0.05, 0) is 24.0 Å². The molecule has 1 atom stereocenters. The van der Waals surface area contributed by atoms with Crippen LogP contribution in [0.15, 0.2) is 36.9 Å². The quantitative estimate of drug-likeness (QED) is 0.606. The Morgan fingerprint density at radius 2 is 2.24 bits per heavy atom. The Balaban J connectivity index is 1.93. The first-order valence-corrected chi connectivity index (χ1v) is 6.00. The highest BCUT2D eigenvalue weighted by Gasteiger charge is 2.23. The second kappa shape index (κ2) is 5.64. The van der Waals surface area contributed by atoms with Crippen LogP contribution in [0.1, 0.15) is 17.5 Å². The van der Waals surface area contributed by atoms with Gasteiger partial charge in [0, 0.05) is 13.1 Å². The van der Waals surface area contributed by atoms with Crippen molar-refractivity contribution in [2.75, 3.05) is 6.54 Å². The smallest absolute Gasteiger partial charge is 0.237 e. The molecule has 0 aromatic heterocycles. The SMILES string of the molecule is C=CCCNC(=O)[C@@H]1Cc2ccccc2CN1. The molecule has 0 bridgehead atoms. The van der Waals surface area contributed by atoms with Crippen LogP contribution >= 0.6 is 0 Å². The molecule has 2 N–H and O–H groups in total. The molecule has 3 nitrogen and oxygen atoms in total. The van der Waals surface area contributed by atoms with Gasteiger partial charge < -0.3 is 10.6 Å². The normalized spacial score (nSPS) is 18.2. The molecule has 1 aromatic carbocycles. The van der Waals surface area contributed by atoms with Gasteiger partial charge in [0.15, 0.2) is 0 Å². The number of nitrogens with one attached hydrogen (secondary N) is 2. The molecule has 0 saturated heterocycles. The highest BCUT2D eigenvalue weighted by molar-refractivity contribution is 5.82. The van der Waals surface area contributed by atoms with E-state index in [0.717, 1.165) is 19.4 Å². The average Bonchev–Trinajstić information content (AvgIpc) is 2.38. The van der Waals surface area contributed by atoms with Gasteiger partial charge in [-0.3, -0.25) is 4.79 Å². The summed E-state index contributed by atoms with van der Waals surface area (Å²) in [7, 11) is 0. The van der Waals surface area contributed by atoms with Crippen LogP contribution < -0.4 is 10.6 Å². The molecular formula is C14H18N2O. The van der Waals surface area contributed by atoms with Crippen molar-refractivity contribution in [3.63, 3.8) is 0 Å². The molecule has 0 unspecified atom stereocenters. The number of amides is 1. The Hall–Kier alpha value is -1.61. The summed E-state index contributed by atoms with van der Waals surface area (Å²) < 4.78 is 0. The van der Waals surface area contributed by atoms with Gasteiger partial charge in [0.1, 0.15) is 0 Å². The van der Waals surface area contributed by atoms with Gasteiger partial charge in [0.25, 0.3) is 0 Å². The van der Waals surface area contributed by atoms with Crippen molar-refractivity contribution in [3.05, 3.63) is 48.0 Å². The zero-order chi connectivity index (χ0) is 12.1. The standard InChI is InChI=1S/C14H18N2O/c1-2-3-8-15-14(17)13-9-11-6-4-5-7-12(11)10-16-13/h2,4-7,13,16H,1,3,8-10H2,(H,15,17)/t13-/m0/s1. The van der Waals surface area contributed by atoms with Crippen molar-refractivity contribution in [1.29, 1.82) is 0 Å². The molecule has 0 radical (unpaired) electrons. The van der Waals surface area contributed by atoms with Crippen molar-refractivity contribution in [1.82, 2.24) is 10.6 Å². The minimum Gasteiger partial charge on any atom is -0.354 e. The third-order valence-corrected chi connectivity index (χ3v) is 3.05. The highest BCUT2D eigenvalue weighted by atomic mass is 16.2. The summed E-state index contributed by atoms with van der Waals surface area (Å²) in [6, 6.07) is 8.16. The molecule has 17 heavy (non-hydrogen) atoms. The number of hydrogen-bond acceptors (Lipinski definition) is 2. The Labute approximate surface area is 102 Å². The summed E-state index contributed by atoms with van der Waals surface area (Å²) in [5, 5.41) is 6.18. The molecule has 0 fully saturated rings. The predicted octanol–water partition coefficient (Wildman–Crippen LogP) is 1.39. The summed E-state index contributed by atoms with van der Waals surface area (Å²) in [4.78, 5) is 11.9. The molecule has 90 valence electrons. The number of carbonyl (C=O) groups excluding carboxylic acids is 1. The molecule has 1 amide bonds. The van der Waals surface area contributed by atoms with Crippen molar-refractivity contribution in [2.45, 2.75) is 25.4 Å². The van der Waals surface area contributed by atoms with Crippen molar-refractivity contribution in [3.8, 4) is 0 Å². The number of benzene rings is 1. The minimum absolute atomic E-state index is 0.0846. The monoisotopic (exact) mass is 230 g/mol. The number of carbonyl (C=O) groups is 1. The van der Waals surface area contributed by atoms with E-state index in [2.05, 4.69) is 29.3 Å². The van der Waals surface area contributed by atoms with Crippen molar-refractivity contribution in [2.24, 2.45) is 0 Å². The summed E-state index contributed by atoms with van der Waals surface area (Å²) in [5.41, 5.74) is 2.57. The van der Waals surface area contributed by atoms with Crippen LogP contribution in [0.2, 0.25) is 0 Å². The summed E-state index contributed by atoms with van der Waals surface area (Å²) in [5.74, 6) is 0.0846. The first-order chi connectivity index (χ1) is 8.31. The van der Waals surface area contributed by atoms with E-state index in [1.807, 2.05) is 18.2 Å². The maximum atomic E-state index is 11.9. The summed E-state index contributed by atoms with van der Waals surface area (Å²) in [6.45, 7) is 5.08.